The van der Waals surface area contributed by atoms with E-state index in [0.717, 1.165) is 61.0 Å². The Labute approximate surface area is 439 Å². The fraction of sp³-hybridized carbons (Fsp3) is 0.569. The fourth-order valence-corrected chi connectivity index (χ4v) is 9.81. The average Bonchev–Trinajstić information content (AvgIpc) is 3.66. The van der Waals surface area contributed by atoms with Crippen LogP contribution in [0.15, 0.2) is 96.1 Å². The van der Waals surface area contributed by atoms with E-state index in [4.69, 9.17) is 10.2 Å². The number of aryl methyl sites for hydroxylation is 4. The molecule has 5 heteroatoms. The summed E-state index contributed by atoms with van der Waals surface area (Å²) in [5.41, 5.74) is 31.8. The molecule has 0 spiro atoms. The number of benzene rings is 4. The molecule has 70 heavy (non-hydrogen) atoms. The summed E-state index contributed by atoms with van der Waals surface area (Å²) in [6, 6.07) is 29.2. The maximum Gasteiger partial charge on any atom is 0.211 e. The van der Waals surface area contributed by atoms with Crippen LogP contribution in [0.4, 0.5) is 0 Å². The van der Waals surface area contributed by atoms with Crippen molar-refractivity contribution in [3.63, 3.8) is 0 Å². The minimum Gasteiger partial charge on any atom is -0.493 e. The first kappa shape index (κ1) is 62.5. The molecule has 1 aliphatic rings. The van der Waals surface area contributed by atoms with Crippen LogP contribution in [0.1, 0.15) is 246 Å². The number of rotatable bonds is 31. The van der Waals surface area contributed by atoms with Crippen molar-refractivity contribution in [1.29, 1.82) is 0 Å². The Morgan fingerprint density at radius 2 is 0.643 bits per heavy atom. The second-order valence-electron chi connectivity index (χ2n) is 19.7. The van der Waals surface area contributed by atoms with Crippen LogP contribution in [0.5, 0.6) is 0 Å². The number of aliphatic hydroxyl groups excluding tert-OH is 2. The zero-order chi connectivity index (χ0) is 50.1. The number of hydrogen-bond donors (Lipinski definition) is 2. The van der Waals surface area contributed by atoms with Gasteiger partial charge in [-0.2, -0.15) is 0 Å². The Morgan fingerprint density at radius 1 is 0.357 bits per heavy atom. The van der Waals surface area contributed by atoms with Crippen LogP contribution >= 0.6 is 0 Å². The fourth-order valence-electron chi connectivity index (χ4n) is 9.81. The van der Waals surface area contributed by atoms with Crippen LogP contribution in [-0.4, -0.2) is 14.9 Å². The predicted octanol–water partition coefficient (Wildman–Crippen LogP) is 18.8. The van der Waals surface area contributed by atoms with Gasteiger partial charge in [0.05, 0.1) is 13.2 Å². The molecule has 0 aliphatic carbocycles. The van der Waals surface area contributed by atoms with Crippen molar-refractivity contribution in [2.24, 2.45) is 0 Å². The van der Waals surface area contributed by atoms with Crippen LogP contribution < -0.4 is 0 Å². The van der Waals surface area contributed by atoms with Crippen molar-refractivity contribution in [2.75, 3.05) is 0 Å². The zero-order valence-electron chi connectivity index (χ0n) is 45.7. The summed E-state index contributed by atoms with van der Waals surface area (Å²) in [5.74, 6) is 0. The second kappa shape index (κ2) is 38.1. The van der Waals surface area contributed by atoms with Crippen LogP contribution in [0.3, 0.4) is 0 Å². The number of hydrogen-bond acceptors (Lipinski definition) is 2. The van der Waals surface area contributed by atoms with Gasteiger partial charge in [-0.15, -0.1) is 0 Å². The molecule has 0 bridgehead atoms. The van der Waals surface area contributed by atoms with Gasteiger partial charge in [0, 0.05) is 38.8 Å². The quantitative estimate of drug-likeness (QED) is 0.0300. The molecule has 4 aromatic carbocycles. The number of allylic oxidation sites excluding steroid dienone is 2. The first-order valence-corrected chi connectivity index (χ1v) is 28.4. The molecule has 2 N–H and O–H groups in total. The summed E-state index contributed by atoms with van der Waals surface area (Å²) >= 11 is 0. The molecule has 0 atom stereocenters. The molecule has 1 heterocycles. The molecule has 0 radical (unpaired) electrons. The largest absolute Gasteiger partial charge is 0.493 e. The topological polar surface area (TPSA) is 65.8 Å². The molecule has 0 unspecified atom stereocenters. The number of aliphatic hydroxyl groups is 2. The normalized spacial score (nSPS) is 12.2. The number of unbranched alkanes of at least 4 members (excludes halogenated alkanes) is 11. The molecule has 4 aromatic rings. The van der Waals surface area contributed by atoms with E-state index in [1.165, 1.54) is 157 Å². The van der Waals surface area contributed by atoms with Crippen LogP contribution in [-0.2, 0) is 68.2 Å². The molecule has 0 saturated heterocycles. The second-order valence-corrected chi connectivity index (χ2v) is 19.7. The average molecular weight is 998 g/mol. The van der Waals surface area contributed by atoms with E-state index in [2.05, 4.69) is 79.7 Å². The van der Waals surface area contributed by atoms with Gasteiger partial charge in [-0.1, -0.05) is 187 Å². The first-order valence-electron chi connectivity index (χ1n) is 28.4. The van der Waals surface area contributed by atoms with Gasteiger partial charge in [0.2, 0.25) is 11.4 Å². The summed E-state index contributed by atoms with van der Waals surface area (Å²) in [6.45, 7) is 18.9. The van der Waals surface area contributed by atoms with Gasteiger partial charge in [-0.25, -0.2) is 4.70 Å². The third kappa shape index (κ3) is 20.8. The SMILES string of the molecule is CCCCCCC1=C(c2cc(CCCC)c(CCCC)c(CCCC)c2)[N+](=[N-])C(c2cc(CCCC)c(CCCC)c(CCCC)c2)=C1CCCCC.OCc1ccccc1.OCc1ccccc1.[Ni]. The van der Waals surface area contributed by atoms with E-state index in [-0.39, 0.29) is 29.7 Å². The molecule has 4 nitrogen and oxygen atoms in total. The molecule has 0 aromatic heterocycles. The van der Waals surface area contributed by atoms with Crippen LogP contribution in [0.25, 0.3) is 16.9 Å². The van der Waals surface area contributed by atoms with Crippen molar-refractivity contribution in [1.82, 2.24) is 0 Å². The summed E-state index contributed by atoms with van der Waals surface area (Å²) < 4.78 is 1.72. The molecule has 0 fully saturated rings. The van der Waals surface area contributed by atoms with E-state index in [9.17, 15) is 5.53 Å². The standard InChI is InChI=1S/C51H82N2.2C7H8O.Ni/c1-9-17-25-27-35-49-48(34-26-18-10-2)50(44-36-40(28-19-11-3)46(32-23-15-7)41(37-44)29-20-12-4)53(52)51(49)45-38-42(30-21-13-5)47(33-24-16-8)43(39-45)31-22-14-6;2*8-6-7-4-2-1-3-5-7;/h36-39H,9-35H2,1-8H3;2*1-5,8H,6H2;. The van der Waals surface area contributed by atoms with Gasteiger partial charge >= 0.3 is 0 Å². The number of nitrogens with zero attached hydrogens (tertiary/aromatic N) is 2. The molecule has 1 aliphatic heterocycles. The molecule has 5 rings (SSSR count). The Balaban J connectivity index is 0.000000827. The maximum atomic E-state index is 12.9. The van der Waals surface area contributed by atoms with Gasteiger partial charge < -0.3 is 15.7 Å². The van der Waals surface area contributed by atoms with Crippen LogP contribution in [0.2, 0.25) is 0 Å². The van der Waals surface area contributed by atoms with Crippen molar-refractivity contribution >= 4 is 11.4 Å². The Hall–Kier alpha value is -3.63. The van der Waals surface area contributed by atoms with Crippen LogP contribution in [0, 0.1) is 0 Å². The summed E-state index contributed by atoms with van der Waals surface area (Å²) in [4.78, 5) is 0. The summed E-state index contributed by atoms with van der Waals surface area (Å²) in [7, 11) is 0. The summed E-state index contributed by atoms with van der Waals surface area (Å²) in [6.07, 6.45) is 32.2. The third-order valence-corrected chi connectivity index (χ3v) is 13.9. The minimum atomic E-state index is 0. The Kier molecular flexibility index (Phi) is 34.0. The van der Waals surface area contributed by atoms with E-state index in [0.29, 0.717) is 0 Å². The van der Waals surface area contributed by atoms with Gasteiger partial charge in [-0.05, 0) is 172 Å². The van der Waals surface area contributed by atoms with E-state index < -0.39 is 0 Å². The van der Waals surface area contributed by atoms with Gasteiger partial charge in [0.15, 0.2) is 0 Å². The van der Waals surface area contributed by atoms with Crippen molar-refractivity contribution in [3.8, 4) is 0 Å². The van der Waals surface area contributed by atoms with Crippen molar-refractivity contribution < 1.29 is 31.4 Å². The summed E-state index contributed by atoms with van der Waals surface area (Å²) in [5, 5.41) is 17.1. The smallest absolute Gasteiger partial charge is 0.211 e. The van der Waals surface area contributed by atoms with Gasteiger partial charge in [0.1, 0.15) is 0 Å². The molecule has 0 saturated carbocycles. The maximum absolute atomic E-state index is 12.9. The van der Waals surface area contributed by atoms with Gasteiger partial charge in [-0.3, -0.25) is 0 Å². The molecule has 0 amide bonds. The molecular weight excluding hydrogens is 899 g/mol. The van der Waals surface area contributed by atoms with E-state index in [1.807, 2.05) is 60.7 Å². The van der Waals surface area contributed by atoms with E-state index >= 15 is 0 Å². The van der Waals surface area contributed by atoms with E-state index in [1.54, 1.807) is 38.1 Å². The molecular formula is C65H98N2NiO2. The Bertz CT molecular complexity index is 1990. The van der Waals surface area contributed by atoms with Gasteiger partial charge in [0.25, 0.3) is 0 Å². The monoisotopic (exact) mass is 997 g/mol. The Morgan fingerprint density at radius 3 is 0.929 bits per heavy atom. The zero-order valence-corrected chi connectivity index (χ0v) is 46.7. The predicted molar refractivity (Wildman–Crippen MR) is 300 cm³/mol. The third-order valence-electron chi connectivity index (χ3n) is 13.9. The first-order chi connectivity index (χ1) is 33.8. The molecule has 390 valence electrons. The van der Waals surface area contributed by atoms with Crippen molar-refractivity contribution in [3.05, 3.63) is 157 Å². The van der Waals surface area contributed by atoms with Crippen molar-refractivity contribution in [2.45, 2.75) is 242 Å². The minimum absolute atomic E-state index is 0.